The van der Waals surface area contributed by atoms with E-state index in [1.165, 1.54) is 11.1 Å². The molecular formula is C14H19N5. The van der Waals surface area contributed by atoms with Crippen molar-refractivity contribution in [2.24, 2.45) is 10.7 Å². The van der Waals surface area contributed by atoms with Crippen molar-refractivity contribution < 1.29 is 0 Å². The van der Waals surface area contributed by atoms with Crippen LogP contribution >= 0.6 is 0 Å². The van der Waals surface area contributed by atoms with Crippen LogP contribution in [0.3, 0.4) is 0 Å². The molecule has 2 rings (SSSR count). The minimum atomic E-state index is 0.428. The average Bonchev–Trinajstić information content (AvgIpc) is 2.80. The lowest BCUT2D eigenvalue weighted by molar-refractivity contribution is 0.625. The Morgan fingerprint density at radius 1 is 1.32 bits per heavy atom. The van der Waals surface area contributed by atoms with Gasteiger partial charge in [0.05, 0.1) is 13.1 Å². The van der Waals surface area contributed by atoms with Gasteiger partial charge in [-0.3, -0.25) is 9.67 Å². The molecule has 0 amide bonds. The number of hydrogen-bond acceptors (Lipinski definition) is 2. The second kappa shape index (κ2) is 6.04. The number of nitrogens with one attached hydrogen (secondary N) is 1. The van der Waals surface area contributed by atoms with Crippen LogP contribution in [0, 0.1) is 13.8 Å². The van der Waals surface area contributed by atoms with Crippen LogP contribution in [0.2, 0.25) is 0 Å². The van der Waals surface area contributed by atoms with Crippen LogP contribution in [0.1, 0.15) is 11.1 Å². The van der Waals surface area contributed by atoms with E-state index in [4.69, 9.17) is 5.73 Å². The fourth-order valence-electron chi connectivity index (χ4n) is 1.94. The summed E-state index contributed by atoms with van der Waals surface area (Å²) >= 11 is 0. The predicted molar refractivity (Wildman–Crippen MR) is 78.3 cm³/mol. The second-order valence-corrected chi connectivity index (χ2v) is 4.54. The molecule has 0 spiro atoms. The fourth-order valence-corrected chi connectivity index (χ4v) is 1.94. The van der Waals surface area contributed by atoms with Crippen molar-refractivity contribution >= 4 is 11.6 Å². The highest BCUT2D eigenvalue weighted by Crippen LogP contribution is 2.13. The number of nitrogens with two attached hydrogens (primary N) is 1. The maximum Gasteiger partial charge on any atom is 0.193 e. The van der Waals surface area contributed by atoms with Gasteiger partial charge < -0.3 is 11.1 Å². The number of anilines is 1. The zero-order valence-electron chi connectivity index (χ0n) is 11.3. The molecule has 0 saturated heterocycles. The van der Waals surface area contributed by atoms with Crippen molar-refractivity contribution in [1.82, 2.24) is 9.78 Å². The third-order valence-corrected chi connectivity index (χ3v) is 2.66. The van der Waals surface area contributed by atoms with Gasteiger partial charge in [0.1, 0.15) is 0 Å². The van der Waals surface area contributed by atoms with E-state index in [0.717, 1.165) is 12.2 Å². The number of guanidine groups is 1. The van der Waals surface area contributed by atoms with Gasteiger partial charge in [0, 0.05) is 18.1 Å². The normalized spacial score (nSPS) is 11.6. The molecule has 0 aliphatic carbocycles. The van der Waals surface area contributed by atoms with Crippen molar-refractivity contribution in [1.29, 1.82) is 0 Å². The largest absolute Gasteiger partial charge is 0.370 e. The van der Waals surface area contributed by atoms with Crippen LogP contribution in [0.15, 0.2) is 41.7 Å². The van der Waals surface area contributed by atoms with Gasteiger partial charge in [-0.25, -0.2) is 0 Å². The molecule has 0 aliphatic rings. The van der Waals surface area contributed by atoms with E-state index in [9.17, 15) is 0 Å². The van der Waals surface area contributed by atoms with Crippen LogP contribution in [-0.4, -0.2) is 22.3 Å². The van der Waals surface area contributed by atoms with E-state index in [1.807, 2.05) is 29.1 Å². The lowest BCUT2D eigenvalue weighted by Gasteiger charge is -2.08. The highest BCUT2D eigenvalue weighted by molar-refractivity contribution is 5.92. The summed E-state index contributed by atoms with van der Waals surface area (Å²) in [5.41, 5.74) is 9.23. The molecule has 100 valence electrons. The number of hydrogen-bond donors (Lipinski definition) is 2. The highest BCUT2D eigenvalue weighted by Gasteiger charge is 1.97. The smallest absolute Gasteiger partial charge is 0.193 e. The lowest BCUT2D eigenvalue weighted by Crippen LogP contribution is -2.23. The molecule has 0 radical (unpaired) electrons. The van der Waals surface area contributed by atoms with E-state index in [0.29, 0.717) is 12.5 Å². The second-order valence-electron chi connectivity index (χ2n) is 4.54. The number of benzene rings is 1. The minimum Gasteiger partial charge on any atom is -0.370 e. The summed E-state index contributed by atoms with van der Waals surface area (Å²) in [5.74, 6) is 0.428. The summed E-state index contributed by atoms with van der Waals surface area (Å²) in [4.78, 5) is 4.28. The zero-order valence-corrected chi connectivity index (χ0v) is 11.3. The van der Waals surface area contributed by atoms with Crippen molar-refractivity contribution in [3.8, 4) is 0 Å². The molecule has 1 aromatic heterocycles. The standard InChI is InChI=1S/C14H19N5/c1-11-8-12(2)10-13(9-11)18-14(15)16-5-7-19-6-3-4-17-19/h3-4,6,8-10H,5,7H2,1-2H3,(H3,15,16,18). The Bertz CT molecular complexity index is 537. The van der Waals surface area contributed by atoms with Crippen molar-refractivity contribution in [3.63, 3.8) is 0 Å². The molecule has 5 nitrogen and oxygen atoms in total. The molecule has 19 heavy (non-hydrogen) atoms. The SMILES string of the molecule is Cc1cc(C)cc(NC(N)=NCCn2cccn2)c1. The first-order valence-corrected chi connectivity index (χ1v) is 6.26. The first-order chi connectivity index (χ1) is 9.13. The Balaban J connectivity index is 1.90. The molecule has 0 bridgehead atoms. The molecule has 3 N–H and O–H groups in total. The Labute approximate surface area is 113 Å². The van der Waals surface area contributed by atoms with Crippen LogP contribution in [0.4, 0.5) is 5.69 Å². The summed E-state index contributed by atoms with van der Waals surface area (Å²) in [6.07, 6.45) is 3.66. The number of aryl methyl sites for hydroxylation is 2. The quantitative estimate of drug-likeness (QED) is 0.649. The summed E-state index contributed by atoms with van der Waals surface area (Å²) < 4.78 is 1.83. The van der Waals surface area contributed by atoms with Crippen LogP contribution in [0.5, 0.6) is 0 Å². The topological polar surface area (TPSA) is 68.2 Å². The van der Waals surface area contributed by atoms with E-state index in [1.54, 1.807) is 6.20 Å². The van der Waals surface area contributed by atoms with Crippen LogP contribution in [-0.2, 0) is 6.54 Å². The molecule has 1 heterocycles. The van der Waals surface area contributed by atoms with Crippen molar-refractivity contribution in [2.45, 2.75) is 20.4 Å². The van der Waals surface area contributed by atoms with Crippen LogP contribution < -0.4 is 11.1 Å². The number of aromatic nitrogens is 2. The number of nitrogens with zero attached hydrogens (tertiary/aromatic N) is 3. The van der Waals surface area contributed by atoms with Crippen molar-refractivity contribution in [2.75, 3.05) is 11.9 Å². The Morgan fingerprint density at radius 2 is 2.05 bits per heavy atom. The van der Waals surface area contributed by atoms with Gasteiger partial charge in [0.15, 0.2) is 5.96 Å². The third kappa shape index (κ3) is 4.13. The Hall–Kier alpha value is -2.30. The van der Waals surface area contributed by atoms with Crippen molar-refractivity contribution in [3.05, 3.63) is 47.8 Å². The zero-order chi connectivity index (χ0) is 13.7. The molecule has 0 fully saturated rings. The van der Waals surface area contributed by atoms with E-state index in [-0.39, 0.29) is 0 Å². The number of aliphatic imine (C=N–C) groups is 1. The van der Waals surface area contributed by atoms with Gasteiger partial charge >= 0.3 is 0 Å². The van der Waals surface area contributed by atoms with Gasteiger partial charge in [-0.15, -0.1) is 0 Å². The van der Waals surface area contributed by atoms with Gasteiger partial charge in [-0.05, 0) is 43.2 Å². The van der Waals surface area contributed by atoms with E-state index in [2.05, 4.69) is 35.3 Å². The Morgan fingerprint density at radius 3 is 2.68 bits per heavy atom. The molecule has 0 saturated carbocycles. The summed E-state index contributed by atoms with van der Waals surface area (Å²) in [5, 5.41) is 7.21. The van der Waals surface area contributed by atoms with E-state index < -0.39 is 0 Å². The molecule has 5 heteroatoms. The van der Waals surface area contributed by atoms with Crippen LogP contribution in [0.25, 0.3) is 0 Å². The third-order valence-electron chi connectivity index (χ3n) is 2.66. The molecular weight excluding hydrogens is 238 g/mol. The van der Waals surface area contributed by atoms with E-state index >= 15 is 0 Å². The molecule has 0 atom stereocenters. The number of rotatable bonds is 4. The molecule has 2 aromatic rings. The molecule has 1 aromatic carbocycles. The summed E-state index contributed by atoms with van der Waals surface area (Å²) in [6.45, 7) is 5.44. The predicted octanol–water partition coefficient (Wildman–Crippen LogP) is 1.93. The summed E-state index contributed by atoms with van der Waals surface area (Å²) in [6, 6.07) is 8.10. The minimum absolute atomic E-state index is 0.428. The van der Waals surface area contributed by atoms with Gasteiger partial charge in [0.2, 0.25) is 0 Å². The monoisotopic (exact) mass is 257 g/mol. The molecule has 0 aliphatic heterocycles. The fraction of sp³-hybridized carbons (Fsp3) is 0.286. The maximum atomic E-state index is 5.85. The lowest BCUT2D eigenvalue weighted by atomic mass is 10.1. The molecule has 0 unspecified atom stereocenters. The highest BCUT2D eigenvalue weighted by atomic mass is 15.3. The maximum absolute atomic E-state index is 5.85. The van der Waals surface area contributed by atoms with Gasteiger partial charge in [-0.2, -0.15) is 5.10 Å². The van der Waals surface area contributed by atoms with Gasteiger partial charge in [-0.1, -0.05) is 6.07 Å². The first-order valence-electron chi connectivity index (χ1n) is 6.26. The first kappa shape index (κ1) is 13.1. The average molecular weight is 257 g/mol. The Kier molecular flexibility index (Phi) is 4.18. The summed E-state index contributed by atoms with van der Waals surface area (Å²) in [7, 11) is 0. The van der Waals surface area contributed by atoms with Gasteiger partial charge in [0.25, 0.3) is 0 Å².